The normalized spacial score (nSPS) is 12.0. The van der Waals surface area contributed by atoms with Crippen molar-refractivity contribution in [3.63, 3.8) is 0 Å². The molecule has 41 heavy (non-hydrogen) atoms. The van der Waals surface area contributed by atoms with Gasteiger partial charge in [-0.05, 0) is 41.0 Å². The molecule has 0 aliphatic rings. The number of carbonyl (C=O) groups excluding carboxylic acids is 3. The lowest BCUT2D eigenvalue weighted by Crippen LogP contribution is -2.22. The number of allylic oxidation sites excluding steroid dienone is 2. The minimum Gasteiger partial charge on any atom is -0.432 e. The Morgan fingerprint density at radius 3 is 2.12 bits per heavy atom. The SMILES string of the molecule is CCCCCCCC(=O)NCc1cn(C/C(C)=C/CP(=O)(OCOC(=O)OC(C)C)OCOC(=O)OC(C)C)nn1. The largest absolute Gasteiger partial charge is 0.510 e. The summed E-state index contributed by atoms with van der Waals surface area (Å²) in [6.07, 6.45) is 6.13. The number of aromatic nitrogens is 3. The molecule has 0 saturated carbocycles. The summed E-state index contributed by atoms with van der Waals surface area (Å²) < 4.78 is 44.4. The van der Waals surface area contributed by atoms with E-state index in [0.717, 1.165) is 31.3 Å². The van der Waals surface area contributed by atoms with Crippen molar-refractivity contribution >= 4 is 25.8 Å². The zero-order valence-electron chi connectivity index (χ0n) is 25.0. The molecule has 0 saturated heterocycles. The predicted octanol–water partition coefficient (Wildman–Crippen LogP) is 5.47. The van der Waals surface area contributed by atoms with Gasteiger partial charge in [-0.3, -0.25) is 18.4 Å². The second-order valence-corrected chi connectivity index (χ2v) is 11.9. The first-order valence-electron chi connectivity index (χ1n) is 13.8. The Balaban J connectivity index is 2.64. The van der Waals surface area contributed by atoms with Gasteiger partial charge in [0.15, 0.2) is 0 Å². The average Bonchev–Trinajstić information content (AvgIpc) is 3.32. The summed E-state index contributed by atoms with van der Waals surface area (Å²) in [5.74, 6) is -0.0224. The maximum Gasteiger partial charge on any atom is 0.510 e. The van der Waals surface area contributed by atoms with Crippen LogP contribution in [0.1, 0.15) is 85.8 Å². The Labute approximate surface area is 241 Å². The fourth-order valence-electron chi connectivity index (χ4n) is 3.16. The third kappa shape index (κ3) is 18.2. The highest BCUT2D eigenvalue weighted by molar-refractivity contribution is 7.54. The van der Waals surface area contributed by atoms with Crippen molar-refractivity contribution in [2.24, 2.45) is 0 Å². The van der Waals surface area contributed by atoms with Crippen molar-refractivity contribution in [3.05, 3.63) is 23.5 Å². The zero-order valence-corrected chi connectivity index (χ0v) is 25.9. The summed E-state index contributed by atoms with van der Waals surface area (Å²) in [7, 11) is -3.93. The standard InChI is InChI=1S/C26H45N4O10P/c1-7-8-9-10-11-12-24(31)27-15-23-17-30(29-28-23)16-22(6)13-14-41(34,37-18-35-25(32)39-20(2)3)38-19-36-26(33)40-21(4)5/h13,17,20-21H,7-12,14-16,18-19H2,1-6H3,(H,27,31)/b22-13+. The first-order chi connectivity index (χ1) is 19.4. The molecule has 0 aromatic carbocycles. The molecule has 14 nitrogen and oxygen atoms in total. The molecule has 15 heteroatoms. The number of nitrogens with one attached hydrogen (secondary N) is 1. The molecule has 1 N–H and O–H groups in total. The molecular weight excluding hydrogens is 559 g/mol. The molecule has 0 unspecified atom stereocenters. The molecule has 0 atom stereocenters. The first-order valence-corrected chi connectivity index (χ1v) is 15.5. The first kappa shape index (κ1) is 36.1. The molecule has 0 bridgehead atoms. The Bertz CT molecular complexity index is 980. The van der Waals surface area contributed by atoms with Crippen LogP contribution in [0.2, 0.25) is 0 Å². The molecule has 1 aromatic rings. The molecular formula is C26H45N4O10P. The van der Waals surface area contributed by atoms with Crippen molar-refractivity contribution in [2.45, 2.75) is 105 Å². The highest BCUT2D eigenvalue weighted by atomic mass is 31.2. The molecule has 0 spiro atoms. The maximum absolute atomic E-state index is 13.2. The topological polar surface area (TPSA) is 166 Å². The van der Waals surface area contributed by atoms with E-state index in [-0.39, 0.29) is 18.6 Å². The van der Waals surface area contributed by atoms with E-state index in [1.807, 2.05) is 0 Å². The van der Waals surface area contributed by atoms with Crippen LogP contribution >= 0.6 is 7.60 Å². The Hall–Kier alpha value is -2.96. The van der Waals surface area contributed by atoms with Crippen LogP contribution in [0.4, 0.5) is 9.59 Å². The third-order valence-corrected chi connectivity index (χ3v) is 6.78. The van der Waals surface area contributed by atoms with Crippen LogP contribution in [-0.2, 0) is 50.4 Å². The predicted molar refractivity (Wildman–Crippen MR) is 149 cm³/mol. The van der Waals surface area contributed by atoms with Crippen molar-refractivity contribution in [1.29, 1.82) is 0 Å². The van der Waals surface area contributed by atoms with Gasteiger partial charge in [-0.2, -0.15) is 0 Å². The maximum atomic E-state index is 13.2. The summed E-state index contributed by atoms with van der Waals surface area (Å²) >= 11 is 0. The number of hydrogen-bond donors (Lipinski definition) is 1. The van der Waals surface area contributed by atoms with Crippen molar-refractivity contribution < 1.29 is 46.9 Å². The molecule has 234 valence electrons. The second-order valence-electron chi connectivity index (χ2n) is 9.81. The number of rotatable bonds is 20. The van der Waals surface area contributed by atoms with Gasteiger partial charge in [0.25, 0.3) is 0 Å². The van der Waals surface area contributed by atoms with Crippen molar-refractivity contribution in [1.82, 2.24) is 20.3 Å². The van der Waals surface area contributed by atoms with Crippen molar-refractivity contribution in [2.75, 3.05) is 19.7 Å². The monoisotopic (exact) mass is 604 g/mol. The van der Waals surface area contributed by atoms with Crippen LogP contribution in [0.5, 0.6) is 0 Å². The lowest BCUT2D eigenvalue weighted by Gasteiger charge is -2.18. The van der Waals surface area contributed by atoms with E-state index in [1.54, 1.807) is 51.6 Å². The molecule has 1 amide bonds. The van der Waals surface area contributed by atoms with Gasteiger partial charge >= 0.3 is 19.9 Å². The van der Waals surface area contributed by atoms with Gasteiger partial charge in [-0.15, -0.1) is 5.10 Å². The minimum atomic E-state index is -3.93. The number of unbranched alkanes of at least 4 members (excludes halogenated alkanes) is 4. The minimum absolute atomic E-state index is 0.0224. The summed E-state index contributed by atoms with van der Waals surface area (Å²) in [4.78, 5) is 35.2. The van der Waals surface area contributed by atoms with E-state index in [1.165, 1.54) is 6.42 Å². The van der Waals surface area contributed by atoms with E-state index >= 15 is 0 Å². The molecule has 0 fully saturated rings. The van der Waals surface area contributed by atoms with Crippen molar-refractivity contribution in [3.8, 4) is 0 Å². The Morgan fingerprint density at radius 1 is 0.976 bits per heavy atom. The lowest BCUT2D eigenvalue weighted by molar-refractivity contribution is -0.121. The molecule has 1 aromatic heterocycles. The van der Waals surface area contributed by atoms with E-state index in [2.05, 4.69) is 22.6 Å². The van der Waals surface area contributed by atoms with Crippen LogP contribution in [0.15, 0.2) is 17.8 Å². The summed E-state index contributed by atoms with van der Waals surface area (Å²) in [6.45, 7) is 9.66. The quantitative estimate of drug-likeness (QED) is 0.0657. The van der Waals surface area contributed by atoms with E-state index in [9.17, 15) is 18.9 Å². The fraction of sp³-hybridized carbons (Fsp3) is 0.731. The second kappa shape index (κ2) is 20.0. The van der Waals surface area contributed by atoms with Gasteiger partial charge in [0.05, 0.1) is 37.7 Å². The van der Waals surface area contributed by atoms with Gasteiger partial charge in [-0.1, -0.05) is 49.5 Å². The summed E-state index contributed by atoms with van der Waals surface area (Å²) in [5, 5.41) is 11.0. The zero-order chi connectivity index (χ0) is 30.7. The molecule has 0 radical (unpaired) electrons. The highest BCUT2D eigenvalue weighted by Gasteiger charge is 2.26. The number of carbonyl (C=O) groups is 3. The molecule has 1 heterocycles. The molecule has 0 aliphatic heterocycles. The van der Waals surface area contributed by atoms with E-state index in [0.29, 0.717) is 18.7 Å². The number of nitrogens with zero attached hydrogens (tertiary/aromatic N) is 3. The number of hydrogen-bond acceptors (Lipinski definition) is 12. The van der Waals surface area contributed by atoms with Crippen LogP contribution in [0, 0.1) is 0 Å². The third-order valence-electron chi connectivity index (χ3n) is 5.15. The Kier molecular flexibility index (Phi) is 17.6. The lowest BCUT2D eigenvalue weighted by atomic mass is 10.1. The van der Waals surface area contributed by atoms with Crippen LogP contribution in [-0.4, -0.2) is 65.2 Å². The van der Waals surface area contributed by atoms with Crippen LogP contribution in [0.3, 0.4) is 0 Å². The Morgan fingerprint density at radius 2 is 1.56 bits per heavy atom. The summed E-state index contributed by atoms with van der Waals surface area (Å²) in [5.41, 5.74) is 1.34. The fourth-order valence-corrected chi connectivity index (χ4v) is 4.40. The smallest absolute Gasteiger partial charge is 0.432 e. The summed E-state index contributed by atoms with van der Waals surface area (Å²) in [6, 6.07) is 0. The van der Waals surface area contributed by atoms with E-state index < -0.39 is 45.7 Å². The van der Waals surface area contributed by atoms with Gasteiger partial charge in [0.2, 0.25) is 19.5 Å². The number of ether oxygens (including phenoxy) is 4. The van der Waals surface area contributed by atoms with Crippen LogP contribution in [0.25, 0.3) is 0 Å². The molecule has 0 aliphatic carbocycles. The van der Waals surface area contributed by atoms with Gasteiger partial charge < -0.3 is 24.3 Å². The van der Waals surface area contributed by atoms with Gasteiger partial charge in [-0.25, -0.2) is 14.3 Å². The van der Waals surface area contributed by atoms with Crippen LogP contribution < -0.4 is 5.32 Å². The van der Waals surface area contributed by atoms with E-state index in [4.69, 9.17) is 28.0 Å². The number of amides is 1. The molecule has 1 rings (SSSR count). The average molecular weight is 605 g/mol. The van der Waals surface area contributed by atoms with Gasteiger partial charge in [0, 0.05) is 6.42 Å². The van der Waals surface area contributed by atoms with Gasteiger partial charge in [0.1, 0.15) is 5.69 Å². The highest BCUT2D eigenvalue weighted by Crippen LogP contribution is 2.48.